The molecule has 0 radical (unpaired) electrons. The highest BCUT2D eigenvalue weighted by atomic mass is 16.4. The van der Waals surface area contributed by atoms with Crippen LogP contribution in [-0.2, 0) is 14.4 Å². The predicted molar refractivity (Wildman–Crippen MR) is 75.0 cm³/mol. The van der Waals surface area contributed by atoms with E-state index in [1.54, 1.807) is 6.92 Å². The molecular weight excluding hydrogens is 262 g/mol. The minimum atomic E-state index is -1.09. The molecule has 0 aromatic heterocycles. The van der Waals surface area contributed by atoms with Crippen LogP contribution in [0.15, 0.2) is 0 Å². The van der Waals surface area contributed by atoms with Crippen LogP contribution in [-0.4, -0.2) is 41.4 Å². The number of carboxylic acids is 1. The Morgan fingerprint density at radius 2 is 1.80 bits per heavy atom. The largest absolute Gasteiger partial charge is 0.480 e. The number of Topliss-reactive ketones (excluding diaryl/α,β-unsaturated/α-hetero) is 1. The first-order valence-electron chi connectivity index (χ1n) is 6.87. The monoisotopic (exact) mass is 287 g/mol. The lowest BCUT2D eigenvalue weighted by Gasteiger charge is -2.13. The summed E-state index contributed by atoms with van der Waals surface area (Å²) in [5, 5.41) is 11.7. The van der Waals surface area contributed by atoms with Gasteiger partial charge in [-0.15, -0.1) is 0 Å². The molecule has 0 aromatic carbocycles. The standard InChI is InChI=1S/C13H25N3O4/c1-9(11(17)7-6-10(14)13(19)20)16-8-4-2-3-5-12(15)18/h9-10,16H,2-8,14H2,1H3,(H2,15,18)(H,19,20). The Balaban J connectivity index is 3.65. The molecule has 0 bridgehead atoms. The van der Waals surface area contributed by atoms with Gasteiger partial charge in [-0.05, 0) is 32.7 Å². The average Bonchev–Trinajstić information content (AvgIpc) is 2.38. The third-order valence-corrected chi connectivity index (χ3v) is 3.05. The number of nitrogens with two attached hydrogens (primary N) is 2. The molecule has 0 rings (SSSR count). The molecule has 1 amide bonds. The number of ketones is 1. The summed E-state index contributed by atoms with van der Waals surface area (Å²) in [6, 6.07) is -1.30. The first kappa shape index (κ1) is 18.5. The topological polar surface area (TPSA) is 136 Å². The minimum Gasteiger partial charge on any atom is -0.480 e. The van der Waals surface area contributed by atoms with Gasteiger partial charge in [0.25, 0.3) is 0 Å². The molecule has 0 fully saturated rings. The molecule has 6 N–H and O–H groups in total. The molecule has 7 nitrogen and oxygen atoms in total. The second-order valence-electron chi connectivity index (χ2n) is 4.90. The smallest absolute Gasteiger partial charge is 0.320 e. The molecule has 0 aliphatic heterocycles. The van der Waals surface area contributed by atoms with E-state index in [0.29, 0.717) is 13.0 Å². The van der Waals surface area contributed by atoms with Crippen molar-refractivity contribution in [2.24, 2.45) is 11.5 Å². The molecule has 2 unspecified atom stereocenters. The van der Waals surface area contributed by atoms with E-state index in [1.165, 1.54) is 0 Å². The molecule has 0 aliphatic rings. The van der Waals surface area contributed by atoms with Gasteiger partial charge in [0.15, 0.2) is 0 Å². The van der Waals surface area contributed by atoms with Gasteiger partial charge in [-0.2, -0.15) is 0 Å². The second kappa shape index (κ2) is 10.3. The lowest BCUT2D eigenvalue weighted by molar-refractivity contribution is -0.138. The summed E-state index contributed by atoms with van der Waals surface area (Å²) in [6.45, 7) is 2.43. The summed E-state index contributed by atoms with van der Waals surface area (Å²) in [5.74, 6) is -1.43. The van der Waals surface area contributed by atoms with E-state index in [-0.39, 0.29) is 30.6 Å². The molecule has 0 heterocycles. The lowest BCUT2D eigenvalue weighted by Crippen LogP contribution is -2.36. The molecule has 0 saturated heterocycles. The molecule has 0 aromatic rings. The van der Waals surface area contributed by atoms with Gasteiger partial charge in [0.1, 0.15) is 11.8 Å². The Kier molecular flexibility index (Phi) is 9.57. The molecular formula is C13H25N3O4. The van der Waals surface area contributed by atoms with Gasteiger partial charge in [-0.3, -0.25) is 14.4 Å². The fourth-order valence-corrected chi connectivity index (χ4v) is 1.67. The zero-order valence-corrected chi connectivity index (χ0v) is 11.9. The fourth-order valence-electron chi connectivity index (χ4n) is 1.67. The summed E-state index contributed by atoms with van der Waals surface area (Å²) in [4.78, 5) is 32.7. The van der Waals surface area contributed by atoms with E-state index in [0.717, 1.165) is 19.3 Å². The molecule has 2 atom stereocenters. The minimum absolute atomic E-state index is 0.0427. The Hall–Kier alpha value is -1.47. The van der Waals surface area contributed by atoms with Crippen molar-refractivity contribution < 1.29 is 19.5 Å². The van der Waals surface area contributed by atoms with Crippen LogP contribution in [0.4, 0.5) is 0 Å². The van der Waals surface area contributed by atoms with Crippen molar-refractivity contribution in [1.29, 1.82) is 0 Å². The number of aliphatic carboxylic acids is 1. The van der Waals surface area contributed by atoms with Crippen molar-refractivity contribution in [2.45, 2.75) is 57.5 Å². The fraction of sp³-hybridized carbons (Fsp3) is 0.769. The van der Waals surface area contributed by atoms with Crippen LogP contribution in [0.25, 0.3) is 0 Å². The summed E-state index contributed by atoms with van der Waals surface area (Å²) in [5.41, 5.74) is 10.4. The molecule has 0 saturated carbocycles. The number of carboxylic acid groups (broad SMARTS) is 1. The van der Waals surface area contributed by atoms with E-state index in [9.17, 15) is 14.4 Å². The third kappa shape index (κ3) is 9.46. The lowest BCUT2D eigenvalue weighted by atomic mass is 10.1. The summed E-state index contributed by atoms with van der Waals surface area (Å²) in [7, 11) is 0. The first-order chi connectivity index (χ1) is 9.34. The molecule has 0 spiro atoms. The summed E-state index contributed by atoms with van der Waals surface area (Å²) < 4.78 is 0. The number of rotatable bonds is 12. The third-order valence-electron chi connectivity index (χ3n) is 3.05. The average molecular weight is 287 g/mol. The zero-order valence-electron chi connectivity index (χ0n) is 11.9. The number of carbonyl (C=O) groups excluding carboxylic acids is 2. The van der Waals surface area contributed by atoms with Gasteiger partial charge in [0.2, 0.25) is 5.91 Å². The van der Waals surface area contributed by atoms with Gasteiger partial charge >= 0.3 is 5.97 Å². The molecule has 0 aliphatic carbocycles. The van der Waals surface area contributed by atoms with E-state index in [1.807, 2.05) is 0 Å². The van der Waals surface area contributed by atoms with Crippen LogP contribution >= 0.6 is 0 Å². The van der Waals surface area contributed by atoms with Gasteiger partial charge in [0, 0.05) is 12.8 Å². The van der Waals surface area contributed by atoms with Gasteiger partial charge in [-0.25, -0.2) is 0 Å². The maximum Gasteiger partial charge on any atom is 0.320 e. The highest BCUT2D eigenvalue weighted by Gasteiger charge is 2.16. The van der Waals surface area contributed by atoms with Gasteiger partial charge in [0.05, 0.1) is 6.04 Å². The number of carbonyl (C=O) groups is 3. The number of hydrogen-bond acceptors (Lipinski definition) is 5. The molecule has 7 heteroatoms. The van der Waals surface area contributed by atoms with Crippen LogP contribution in [0, 0.1) is 0 Å². The van der Waals surface area contributed by atoms with Crippen molar-refractivity contribution in [1.82, 2.24) is 5.32 Å². The Bertz CT molecular complexity index is 334. The van der Waals surface area contributed by atoms with Crippen LogP contribution in [0.2, 0.25) is 0 Å². The maximum absolute atomic E-state index is 11.7. The van der Waals surface area contributed by atoms with E-state index >= 15 is 0 Å². The quantitative estimate of drug-likeness (QED) is 0.366. The summed E-state index contributed by atoms with van der Waals surface area (Å²) >= 11 is 0. The van der Waals surface area contributed by atoms with Crippen molar-refractivity contribution >= 4 is 17.7 Å². The van der Waals surface area contributed by atoms with Crippen LogP contribution in [0.3, 0.4) is 0 Å². The van der Waals surface area contributed by atoms with Crippen LogP contribution in [0.1, 0.15) is 45.4 Å². The Labute approximate surface area is 119 Å². The van der Waals surface area contributed by atoms with Crippen molar-refractivity contribution in [3.8, 4) is 0 Å². The molecule has 116 valence electrons. The number of hydrogen-bond donors (Lipinski definition) is 4. The number of unbranched alkanes of at least 4 members (excludes halogenated alkanes) is 2. The highest BCUT2D eigenvalue weighted by molar-refractivity contribution is 5.84. The number of amides is 1. The Morgan fingerprint density at radius 1 is 1.15 bits per heavy atom. The number of primary amides is 1. The SMILES string of the molecule is CC(NCCCCCC(N)=O)C(=O)CCC(N)C(=O)O. The first-order valence-corrected chi connectivity index (χ1v) is 6.87. The van der Waals surface area contributed by atoms with Crippen molar-refractivity contribution in [3.05, 3.63) is 0 Å². The summed E-state index contributed by atoms with van der Waals surface area (Å²) in [6.07, 6.45) is 3.19. The van der Waals surface area contributed by atoms with Crippen LogP contribution in [0.5, 0.6) is 0 Å². The second-order valence-corrected chi connectivity index (χ2v) is 4.90. The van der Waals surface area contributed by atoms with Crippen LogP contribution < -0.4 is 16.8 Å². The zero-order chi connectivity index (χ0) is 15.5. The van der Waals surface area contributed by atoms with E-state index in [4.69, 9.17) is 16.6 Å². The van der Waals surface area contributed by atoms with E-state index < -0.39 is 12.0 Å². The highest BCUT2D eigenvalue weighted by Crippen LogP contribution is 2.01. The van der Waals surface area contributed by atoms with Crippen molar-refractivity contribution in [2.75, 3.05) is 6.54 Å². The molecule has 20 heavy (non-hydrogen) atoms. The predicted octanol–water partition coefficient (Wildman–Crippen LogP) is -0.229. The Morgan fingerprint density at radius 3 is 2.35 bits per heavy atom. The maximum atomic E-state index is 11.7. The normalized spacial score (nSPS) is 13.7. The van der Waals surface area contributed by atoms with E-state index in [2.05, 4.69) is 5.32 Å². The van der Waals surface area contributed by atoms with Gasteiger partial charge in [-0.1, -0.05) is 6.42 Å². The van der Waals surface area contributed by atoms with Crippen molar-refractivity contribution in [3.63, 3.8) is 0 Å². The van der Waals surface area contributed by atoms with Gasteiger partial charge < -0.3 is 21.9 Å². The number of nitrogens with one attached hydrogen (secondary N) is 1.